The standard InChI is InChI=1S/3C8H9NO2.Al/c3*1-2-3-6-5-9-7(6)4-8(10)11;/h3*2,5H,1,3-4H2,(H,10,11);/q;;;+3/p-3. The molecule has 0 radical (unpaired) electrons. The number of rotatable bonds is 12. The van der Waals surface area contributed by atoms with Gasteiger partial charge in [-0.2, -0.15) is 0 Å². The van der Waals surface area contributed by atoms with E-state index in [1.165, 1.54) is 0 Å². The van der Waals surface area contributed by atoms with Crippen molar-refractivity contribution in [2.75, 3.05) is 0 Å². The predicted octanol–water partition coefficient (Wildman–Crippen LogP) is -0.258. The van der Waals surface area contributed by atoms with Crippen molar-refractivity contribution in [1.29, 1.82) is 0 Å². The van der Waals surface area contributed by atoms with E-state index in [0.717, 1.165) is 16.7 Å². The van der Waals surface area contributed by atoms with Crippen molar-refractivity contribution in [2.45, 2.75) is 38.5 Å². The topological polar surface area (TPSA) is 157 Å². The Kier molecular flexibility index (Phi) is 14.4. The molecule has 0 fully saturated rings. The van der Waals surface area contributed by atoms with Gasteiger partial charge in [0, 0.05) is 55.8 Å². The van der Waals surface area contributed by atoms with Gasteiger partial charge in [-0.1, -0.05) is 18.2 Å². The van der Waals surface area contributed by atoms with Crippen molar-refractivity contribution in [2.24, 2.45) is 15.0 Å². The van der Waals surface area contributed by atoms with Gasteiger partial charge in [-0.3, -0.25) is 15.0 Å². The second kappa shape index (κ2) is 16.1. The molecule has 0 aromatic heterocycles. The van der Waals surface area contributed by atoms with Gasteiger partial charge in [0.05, 0.1) is 17.1 Å². The summed E-state index contributed by atoms with van der Waals surface area (Å²) >= 11 is 0. The first-order chi connectivity index (χ1) is 15.7. The average Bonchev–Trinajstić information content (AvgIpc) is 2.73. The van der Waals surface area contributed by atoms with Gasteiger partial charge in [0.15, 0.2) is 0 Å². The number of hydrogen-bond donors (Lipinski definition) is 0. The fourth-order valence-corrected chi connectivity index (χ4v) is 2.61. The molecule has 3 aliphatic rings. The average molecular weight is 477 g/mol. The molecule has 0 saturated carbocycles. The summed E-state index contributed by atoms with van der Waals surface area (Å²) in [6, 6.07) is 0. The quantitative estimate of drug-likeness (QED) is 0.278. The fraction of sp³-hybridized carbons (Fsp3) is 0.250. The first-order valence-electron chi connectivity index (χ1n) is 9.92. The van der Waals surface area contributed by atoms with Gasteiger partial charge in [0.25, 0.3) is 0 Å². The monoisotopic (exact) mass is 477 g/mol. The van der Waals surface area contributed by atoms with Crippen LogP contribution in [0.3, 0.4) is 0 Å². The maximum absolute atomic E-state index is 10.1. The van der Waals surface area contributed by atoms with Crippen molar-refractivity contribution in [3.8, 4) is 0 Å². The Balaban J connectivity index is 0.000000473. The largest absolute Gasteiger partial charge is 3.00 e. The Labute approximate surface area is 208 Å². The first kappa shape index (κ1) is 30.4. The zero-order valence-electron chi connectivity index (χ0n) is 18.7. The minimum atomic E-state index is -1.08. The first-order valence-corrected chi connectivity index (χ1v) is 9.92. The Morgan fingerprint density at radius 2 is 0.853 bits per heavy atom. The van der Waals surface area contributed by atoms with E-state index in [4.69, 9.17) is 0 Å². The van der Waals surface area contributed by atoms with Crippen molar-refractivity contribution in [1.82, 2.24) is 0 Å². The van der Waals surface area contributed by atoms with Gasteiger partial charge in [-0.15, -0.1) is 19.7 Å². The Morgan fingerprint density at radius 3 is 0.971 bits per heavy atom. The van der Waals surface area contributed by atoms with Gasteiger partial charge >= 0.3 is 17.4 Å². The fourth-order valence-electron chi connectivity index (χ4n) is 2.61. The summed E-state index contributed by atoms with van der Waals surface area (Å²) in [5.74, 6) is -3.25. The minimum Gasteiger partial charge on any atom is -0.550 e. The maximum Gasteiger partial charge on any atom is 3.00 e. The molecule has 3 heterocycles. The van der Waals surface area contributed by atoms with E-state index < -0.39 is 17.9 Å². The predicted molar refractivity (Wildman–Crippen MR) is 126 cm³/mol. The Hall–Kier alpha value is -3.61. The molecular formula is C24H24AlN3O6. The van der Waals surface area contributed by atoms with Crippen LogP contribution >= 0.6 is 0 Å². The SMILES string of the molecule is C=CCC1=CN=C1CC(=O)[O-].C=CCC1=CN=C1CC(=O)[O-].C=CCC1=CN=C1CC(=O)[O-].[Al+3]. The molecule has 0 aliphatic carbocycles. The zero-order chi connectivity index (χ0) is 24.8. The molecule has 0 aromatic rings. The molecule has 0 N–H and O–H groups in total. The molecule has 9 nitrogen and oxygen atoms in total. The number of carbonyl (C=O) groups is 3. The van der Waals surface area contributed by atoms with E-state index in [2.05, 4.69) is 34.7 Å². The van der Waals surface area contributed by atoms with Gasteiger partial charge in [-0.25, -0.2) is 0 Å². The number of carboxylic acids is 3. The molecule has 3 aliphatic heterocycles. The van der Waals surface area contributed by atoms with Crippen LogP contribution in [0.25, 0.3) is 0 Å². The van der Waals surface area contributed by atoms with Crippen LogP contribution in [-0.4, -0.2) is 52.4 Å². The van der Waals surface area contributed by atoms with E-state index in [-0.39, 0.29) is 36.6 Å². The van der Waals surface area contributed by atoms with Crippen LogP contribution < -0.4 is 15.3 Å². The third-order valence-corrected chi connectivity index (χ3v) is 4.27. The summed E-state index contributed by atoms with van der Waals surface area (Å²) < 4.78 is 0. The van der Waals surface area contributed by atoms with Gasteiger partial charge < -0.3 is 29.7 Å². The molecule has 0 unspecified atom stereocenters. The van der Waals surface area contributed by atoms with E-state index >= 15 is 0 Å². The van der Waals surface area contributed by atoms with Crippen LogP contribution in [0.4, 0.5) is 0 Å². The third-order valence-electron chi connectivity index (χ3n) is 4.27. The molecule has 0 saturated heterocycles. The molecule has 0 bridgehead atoms. The van der Waals surface area contributed by atoms with Crippen LogP contribution in [0.2, 0.25) is 0 Å². The van der Waals surface area contributed by atoms with E-state index in [9.17, 15) is 29.7 Å². The number of nitrogens with zero attached hydrogens (tertiary/aromatic N) is 3. The van der Waals surface area contributed by atoms with Crippen LogP contribution in [-0.2, 0) is 14.4 Å². The molecule has 0 atom stereocenters. The second-order valence-electron chi connectivity index (χ2n) is 6.82. The van der Waals surface area contributed by atoms with Crippen LogP contribution in [0.15, 0.2) is 88.3 Å². The molecule has 0 amide bonds. The smallest absolute Gasteiger partial charge is 0.550 e. The van der Waals surface area contributed by atoms with Gasteiger partial charge in [0.1, 0.15) is 0 Å². The summed E-state index contributed by atoms with van der Waals surface area (Å²) in [6.07, 6.45) is 11.9. The van der Waals surface area contributed by atoms with Crippen molar-refractivity contribution in [3.63, 3.8) is 0 Å². The maximum atomic E-state index is 10.1. The number of aliphatic carboxylic acids is 3. The molecule has 3 rings (SSSR count). The summed E-state index contributed by atoms with van der Waals surface area (Å²) in [5.41, 5.74) is 4.69. The summed E-state index contributed by atoms with van der Waals surface area (Å²) in [4.78, 5) is 41.7. The zero-order valence-corrected chi connectivity index (χ0v) is 19.9. The molecule has 0 spiro atoms. The van der Waals surface area contributed by atoms with E-state index in [1.54, 1.807) is 36.8 Å². The van der Waals surface area contributed by atoms with E-state index in [0.29, 0.717) is 36.4 Å². The summed E-state index contributed by atoms with van der Waals surface area (Å²) in [6.45, 7) is 10.6. The second-order valence-corrected chi connectivity index (χ2v) is 6.82. The number of carboxylic acid groups (broad SMARTS) is 3. The van der Waals surface area contributed by atoms with Gasteiger partial charge in [0.2, 0.25) is 0 Å². The summed E-state index contributed by atoms with van der Waals surface area (Å²) in [5, 5.41) is 30.3. The van der Waals surface area contributed by atoms with Gasteiger partial charge in [-0.05, 0) is 36.0 Å². The minimum absolute atomic E-state index is 0. The molecular weight excluding hydrogens is 453 g/mol. The molecule has 34 heavy (non-hydrogen) atoms. The normalized spacial score (nSPS) is 14.1. The number of aliphatic imine (C=N–C) groups is 3. The number of allylic oxidation sites excluding steroid dienone is 6. The third kappa shape index (κ3) is 10.8. The Morgan fingerprint density at radius 1 is 0.618 bits per heavy atom. The number of carbonyl (C=O) groups excluding carboxylic acids is 3. The van der Waals surface area contributed by atoms with Crippen molar-refractivity contribution >= 4 is 52.4 Å². The number of hydrogen-bond acceptors (Lipinski definition) is 9. The molecule has 0 aromatic carbocycles. The van der Waals surface area contributed by atoms with Crippen LogP contribution in [0.5, 0.6) is 0 Å². The van der Waals surface area contributed by atoms with Crippen molar-refractivity contribution < 1.29 is 29.7 Å². The molecule has 174 valence electrons. The van der Waals surface area contributed by atoms with Crippen LogP contribution in [0, 0.1) is 0 Å². The van der Waals surface area contributed by atoms with Crippen LogP contribution in [0.1, 0.15) is 38.5 Å². The Bertz CT molecular complexity index is 887. The van der Waals surface area contributed by atoms with E-state index in [1.807, 2.05) is 0 Å². The summed E-state index contributed by atoms with van der Waals surface area (Å²) in [7, 11) is 0. The molecule has 10 heteroatoms. The van der Waals surface area contributed by atoms with Crippen molar-refractivity contribution in [3.05, 3.63) is 73.3 Å².